The zero-order valence-corrected chi connectivity index (χ0v) is 6.59. The van der Waals surface area contributed by atoms with Crippen molar-refractivity contribution in [1.29, 1.82) is 0 Å². The lowest BCUT2D eigenvalue weighted by Gasteiger charge is -2.11. The summed E-state index contributed by atoms with van der Waals surface area (Å²) in [7, 11) is 0. The molecule has 1 rings (SSSR count). The van der Waals surface area contributed by atoms with E-state index in [9.17, 15) is 4.79 Å². The van der Waals surface area contributed by atoms with Gasteiger partial charge >= 0.3 is 0 Å². The zero-order chi connectivity index (χ0) is 7.56. The highest BCUT2D eigenvalue weighted by atomic mass is 16.5. The van der Waals surface area contributed by atoms with Crippen molar-refractivity contribution in [3.05, 3.63) is 0 Å². The van der Waals surface area contributed by atoms with Gasteiger partial charge in [0, 0.05) is 5.92 Å². The number of hydrogen-bond acceptors (Lipinski definition) is 2. The van der Waals surface area contributed by atoms with Crippen LogP contribution in [0.1, 0.15) is 26.7 Å². The Hall–Kier alpha value is -0.370. The van der Waals surface area contributed by atoms with E-state index in [4.69, 9.17) is 4.74 Å². The van der Waals surface area contributed by atoms with Crippen LogP contribution in [-0.4, -0.2) is 18.5 Å². The zero-order valence-electron chi connectivity index (χ0n) is 6.59. The fourth-order valence-corrected chi connectivity index (χ4v) is 1.51. The highest BCUT2D eigenvalue weighted by molar-refractivity contribution is 5.84. The molecule has 0 amide bonds. The van der Waals surface area contributed by atoms with Gasteiger partial charge < -0.3 is 4.74 Å². The average Bonchev–Trinajstić information content (AvgIpc) is 2.30. The third-order valence-corrected chi connectivity index (χ3v) is 2.14. The van der Waals surface area contributed by atoms with Gasteiger partial charge in [0.2, 0.25) is 0 Å². The second-order valence-corrected chi connectivity index (χ2v) is 2.74. The van der Waals surface area contributed by atoms with Crippen LogP contribution in [0.5, 0.6) is 0 Å². The van der Waals surface area contributed by atoms with Gasteiger partial charge in [0.05, 0.1) is 6.10 Å². The summed E-state index contributed by atoms with van der Waals surface area (Å²) < 4.78 is 5.27. The Bertz CT molecular complexity index is 131. The number of ketones is 1. The van der Waals surface area contributed by atoms with E-state index in [-0.39, 0.29) is 17.8 Å². The molecule has 0 N–H and O–H groups in total. The minimum atomic E-state index is 0.185. The fourth-order valence-electron chi connectivity index (χ4n) is 1.51. The maximum atomic E-state index is 11.0. The molecule has 58 valence electrons. The summed E-state index contributed by atoms with van der Waals surface area (Å²) in [5, 5.41) is 0. The molecule has 0 aromatic heterocycles. The first-order valence-corrected chi connectivity index (χ1v) is 3.93. The summed E-state index contributed by atoms with van der Waals surface area (Å²) in [4.78, 5) is 11.0. The first-order chi connectivity index (χ1) is 4.79. The van der Waals surface area contributed by atoms with Crippen LogP contribution in [0.2, 0.25) is 0 Å². The van der Waals surface area contributed by atoms with Crippen molar-refractivity contribution in [2.75, 3.05) is 6.61 Å². The molecule has 2 heteroatoms. The van der Waals surface area contributed by atoms with E-state index in [2.05, 4.69) is 6.92 Å². The maximum Gasteiger partial charge on any atom is 0.164 e. The van der Waals surface area contributed by atoms with Crippen LogP contribution in [0.3, 0.4) is 0 Å². The highest BCUT2D eigenvalue weighted by Gasteiger charge is 2.32. The summed E-state index contributed by atoms with van der Waals surface area (Å²) in [6, 6.07) is 0. The Kier molecular flexibility index (Phi) is 2.44. The van der Waals surface area contributed by atoms with Crippen LogP contribution in [0.15, 0.2) is 0 Å². The molecule has 1 aliphatic heterocycles. The number of rotatable bonds is 2. The summed E-state index contributed by atoms with van der Waals surface area (Å²) in [5.74, 6) is 0.472. The van der Waals surface area contributed by atoms with Gasteiger partial charge in [-0.05, 0) is 12.8 Å². The third kappa shape index (κ3) is 1.21. The van der Waals surface area contributed by atoms with Crippen molar-refractivity contribution >= 4 is 5.78 Å². The number of Topliss-reactive ketones (excluding diaryl/α,β-unsaturated/α-hetero) is 1. The van der Waals surface area contributed by atoms with Crippen molar-refractivity contribution in [2.24, 2.45) is 5.92 Å². The Morgan fingerprint density at radius 2 is 2.20 bits per heavy atom. The second-order valence-electron chi connectivity index (χ2n) is 2.74. The van der Waals surface area contributed by atoms with E-state index >= 15 is 0 Å². The van der Waals surface area contributed by atoms with Gasteiger partial charge in [-0.1, -0.05) is 13.8 Å². The van der Waals surface area contributed by atoms with Crippen molar-refractivity contribution < 1.29 is 9.53 Å². The minimum Gasteiger partial charge on any atom is -0.370 e. The second kappa shape index (κ2) is 3.15. The van der Waals surface area contributed by atoms with E-state index < -0.39 is 0 Å². The molecule has 1 heterocycles. The summed E-state index contributed by atoms with van der Waals surface area (Å²) in [6.45, 7) is 4.45. The van der Waals surface area contributed by atoms with E-state index in [1.54, 1.807) is 0 Å². The summed E-state index contributed by atoms with van der Waals surface area (Å²) in [5.41, 5.74) is 0. The Labute approximate surface area is 61.6 Å². The first kappa shape index (κ1) is 7.73. The van der Waals surface area contributed by atoms with Crippen molar-refractivity contribution in [3.63, 3.8) is 0 Å². The predicted molar refractivity (Wildman–Crippen MR) is 38.8 cm³/mol. The SMILES string of the molecule is CC[C@@H]1OCC(=O)[C@H]1CC. The molecule has 2 atom stereocenters. The number of ether oxygens (including phenoxy) is 1. The molecule has 1 fully saturated rings. The van der Waals surface area contributed by atoms with E-state index in [1.807, 2.05) is 6.92 Å². The van der Waals surface area contributed by atoms with Crippen LogP contribution in [-0.2, 0) is 9.53 Å². The van der Waals surface area contributed by atoms with Crippen LogP contribution in [0.4, 0.5) is 0 Å². The van der Waals surface area contributed by atoms with Crippen LogP contribution < -0.4 is 0 Å². The number of carbonyl (C=O) groups excluding carboxylic acids is 1. The smallest absolute Gasteiger partial charge is 0.164 e. The molecular weight excluding hydrogens is 128 g/mol. The van der Waals surface area contributed by atoms with Crippen molar-refractivity contribution in [3.8, 4) is 0 Å². The standard InChI is InChI=1S/C8H14O2/c1-3-6-7(9)5-10-8(6)4-2/h6,8H,3-5H2,1-2H3/t6-,8+/m1/s1. The van der Waals surface area contributed by atoms with Crippen molar-refractivity contribution in [1.82, 2.24) is 0 Å². The van der Waals surface area contributed by atoms with Crippen molar-refractivity contribution in [2.45, 2.75) is 32.8 Å². The van der Waals surface area contributed by atoms with Crippen LogP contribution in [0.25, 0.3) is 0 Å². The van der Waals surface area contributed by atoms with Gasteiger partial charge in [-0.25, -0.2) is 0 Å². The minimum absolute atomic E-state index is 0.185. The predicted octanol–water partition coefficient (Wildman–Crippen LogP) is 1.39. The number of hydrogen-bond donors (Lipinski definition) is 0. The first-order valence-electron chi connectivity index (χ1n) is 3.93. The van der Waals surface area contributed by atoms with Gasteiger partial charge in [-0.2, -0.15) is 0 Å². The quantitative estimate of drug-likeness (QED) is 0.582. The molecule has 0 aliphatic carbocycles. The Morgan fingerprint density at radius 3 is 2.60 bits per heavy atom. The largest absolute Gasteiger partial charge is 0.370 e. The van der Waals surface area contributed by atoms with Gasteiger partial charge in [-0.3, -0.25) is 4.79 Å². The molecule has 10 heavy (non-hydrogen) atoms. The summed E-state index contributed by atoms with van der Waals surface area (Å²) >= 11 is 0. The molecule has 1 saturated heterocycles. The lowest BCUT2D eigenvalue weighted by molar-refractivity contribution is -0.120. The molecule has 0 aromatic rings. The normalized spacial score (nSPS) is 33.2. The highest BCUT2D eigenvalue weighted by Crippen LogP contribution is 2.22. The van der Waals surface area contributed by atoms with Gasteiger partial charge in [0.15, 0.2) is 5.78 Å². The molecule has 0 unspecified atom stereocenters. The topological polar surface area (TPSA) is 26.3 Å². The molecular formula is C8H14O2. The van der Waals surface area contributed by atoms with Gasteiger partial charge in [0.25, 0.3) is 0 Å². The molecule has 0 radical (unpaired) electrons. The van der Waals surface area contributed by atoms with Crippen LogP contribution in [0, 0.1) is 5.92 Å². The lowest BCUT2D eigenvalue weighted by Crippen LogP contribution is -2.18. The summed E-state index contributed by atoms with van der Waals surface area (Å²) in [6.07, 6.45) is 2.10. The molecule has 2 nitrogen and oxygen atoms in total. The Morgan fingerprint density at radius 1 is 1.50 bits per heavy atom. The number of carbonyl (C=O) groups is 1. The third-order valence-electron chi connectivity index (χ3n) is 2.14. The maximum absolute atomic E-state index is 11.0. The molecule has 0 aromatic carbocycles. The van der Waals surface area contributed by atoms with E-state index in [0.717, 1.165) is 12.8 Å². The van der Waals surface area contributed by atoms with E-state index in [1.165, 1.54) is 0 Å². The van der Waals surface area contributed by atoms with Gasteiger partial charge in [0.1, 0.15) is 6.61 Å². The monoisotopic (exact) mass is 142 g/mol. The van der Waals surface area contributed by atoms with Crippen LogP contribution >= 0.6 is 0 Å². The molecule has 0 spiro atoms. The molecule has 1 aliphatic rings. The molecule has 0 bridgehead atoms. The van der Waals surface area contributed by atoms with Gasteiger partial charge in [-0.15, -0.1) is 0 Å². The van der Waals surface area contributed by atoms with E-state index in [0.29, 0.717) is 6.61 Å². The fraction of sp³-hybridized carbons (Fsp3) is 0.875. The Balaban J connectivity index is 2.54. The molecule has 0 saturated carbocycles. The lowest BCUT2D eigenvalue weighted by atomic mass is 9.96. The average molecular weight is 142 g/mol.